The van der Waals surface area contributed by atoms with Gasteiger partial charge in [0.15, 0.2) is 5.82 Å². The number of rotatable bonds is 7. The Balaban J connectivity index is 1.21. The molecule has 0 aliphatic carbocycles. The van der Waals surface area contributed by atoms with Crippen molar-refractivity contribution in [3.05, 3.63) is 30.4 Å². The number of pyridine rings is 1. The molecule has 5 heterocycles. The van der Waals surface area contributed by atoms with Crippen LogP contribution in [0.1, 0.15) is 45.4 Å². The largest absolute Gasteiger partial charge is 0.610 e. The molecule has 4 aromatic heterocycles. The Kier molecular flexibility index (Phi) is 6.85. The van der Waals surface area contributed by atoms with E-state index < -0.39 is 11.2 Å². The molecule has 12 heteroatoms. The zero-order valence-electron chi connectivity index (χ0n) is 20.0. The van der Waals surface area contributed by atoms with Gasteiger partial charge in [0.05, 0.1) is 11.9 Å². The summed E-state index contributed by atoms with van der Waals surface area (Å²) in [6.45, 7) is 7.92. The molecule has 0 bridgehead atoms. The van der Waals surface area contributed by atoms with Crippen LogP contribution in [0.5, 0.6) is 5.19 Å². The Morgan fingerprint density at radius 1 is 1.09 bits per heavy atom. The standard InChI is InChI=1S/C23H27N7O3S2/c1-13(2)20-28-22(33-29-20)30-9-7-15(8-10-30)14(3)32-23-27-17-6-5-16(26-21(17)34-23)18-11-25-19(12-24-18)35(4)31/h5-6,11-15H,7-10H2,1-4H3. The van der Waals surface area contributed by atoms with Crippen LogP contribution in [0.2, 0.25) is 0 Å². The zero-order valence-corrected chi connectivity index (χ0v) is 21.7. The quantitative estimate of drug-likeness (QED) is 0.334. The lowest BCUT2D eigenvalue weighted by molar-refractivity contribution is 0.131. The summed E-state index contributed by atoms with van der Waals surface area (Å²) < 4.78 is 23.2. The van der Waals surface area contributed by atoms with Crippen molar-refractivity contribution < 1.29 is 13.8 Å². The van der Waals surface area contributed by atoms with Crippen LogP contribution in [0.4, 0.5) is 6.01 Å². The molecular weight excluding hydrogens is 486 g/mol. The van der Waals surface area contributed by atoms with Crippen LogP contribution in [0.15, 0.2) is 34.1 Å². The van der Waals surface area contributed by atoms with Crippen LogP contribution in [0, 0.1) is 5.92 Å². The minimum absolute atomic E-state index is 0.0272. The van der Waals surface area contributed by atoms with E-state index in [1.165, 1.54) is 17.5 Å². The van der Waals surface area contributed by atoms with Gasteiger partial charge in [0.1, 0.15) is 34.6 Å². The predicted octanol–water partition coefficient (Wildman–Crippen LogP) is 4.08. The number of anilines is 1. The van der Waals surface area contributed by atoms with E-state index in [9.17, 15) is 4.55 Å². The first kappa shape index (κ1) is 23.9. The molecule has 0 saturated carbocycles. The van der Waals surface area contributed by atoms with Gasteiger partial charge in [0.2, 0.25) is 0 Å². The molecule has 0 N–H and O–H groups in total. The van der Waals surface area contributed by atoms with E-state index in [1.54, 1.807) is 12.5 Å². The summed E-state index contributed by atoms with van der Waals surface area (Å²) in [7, 11) is 0. The molecule has 1 aliphatic heterocycles. The summed E-state index contributed by atoms with van der Waals surface area (Å²) in [6.07, 6.45) is 6.67. The molecule has 184 valence electrons. The van der Waals surface area contributed by atoms with Crippen molar-refractivity contribution in [1.82, 2.24) is 30.1 Å². The summed E-state index contributed by atoms with van der Waals surface area (Å²) in [4.78, 5) is 25.3. The highest BCUT2D eigenvalue weighted by Crippen LogP contribution is 2.32. The van der Waals surface area contributed by atoms with Crippen LogP contribution in [-0.2, 0) is 11.2 Å². The van der Waals surface area contributed by atoms with Crippen LogP contribution in [0.3, 0.4) is 0 Å². The summed E-state index contributed by atoms with van der Waals surface area (Å²) in [5, 5.41) is 5.13. The lowest BCUT2D eigenvalue weighted by atomic mass is 9.92. The topological polar surface area (TPSA) is 126 Å². The molecule has 1 fully saturated rings. The smallest absolute Gasteiger partial charge is 0.324 e. The van der Waals surface area contributed by atoms with Gasteiger partial charge in [0.25, 0.3) is 10.2 Å². The summed E-state index contributed by atoms with van der Waals surface area (Å²) in [5.74, 6) is 1.40. The first-order chi connectivity index (χ1) is 16.9. The molecule has 35 heavy (non-hydrogen) atoms. The SMILES string of the molecule is CC(C)c1noc(N2CCC(C(C)Oc3nc4ccc(-c5cnc([S+](C)[O-])cn5)nc4s3)CC2)n1. The summed E-state index contributed by atoms with van der Waals surface area (Å²) in [6, 6.07) is 4.38. The van der Waals surface area contributed by atoms with Gasteiger partial charge < -0.3 is 18.7 Å². The average molecular weight is 514 g/mol. The van der Waals surface area contributed by atoms with Crippen LogP contribution < -0.4 is 9.64 Å². The minimum Gasteiger partial charge on any atom is -0.610 e. The first-order valence-corrected chi connectivity index (χ1v) is 13.9. The molecule has 4 aromatic rings. The first-order valence-electron chi connectivity index (χ1n) is 11.6. The van der Waals surface area contributed by atoms with Crippen LogP contribution in [0.25, 0.3) is 21.7 Å². The van der Waals surface area contributed by atoms with Crippen molar-refractivity contribution in [3.8, 4) is 16.6 Å². The third kappa shape index (κ3) is 5.24. The average Bonchev–Trinajstić information content (AvgIpc) is 3.51. The van der Waals surface area contributed by atoms with E-state index in [4.69, 9.17) is 9.26 Å². The van der Waals surface area contributed by atoms with Gasteiger partial charge in [-0.3, -0.25) is 0 Å². The fourth-order valence-corrected chi connectivity index (χ4v) is 5.27. The third-order valence-electron chi connectivity index (χ3n) is 6.13. The van der Waals surface area contributed by atoms with E-state index in [2.05, 4.69) is 55.7 Å². The van der Waals surface area contributed by atoms with E-state index in [-0.39, 0.29) is 12.0 Å². The lowest BCUT2D eigenvalue weighted by Crippen LogP contribution is -2.38. The van der Waals surface area contributed by atoms with Crippen molar-refractivity contribution in [2.24, 2.45) is 5.92 Å². The van der Waals surface area contributed by atoms with E-state index in [1.807, 2.05) is 12.1 Å². The fraction of sp³-hybridized carbons (Fsp3) is 0.478. The lowest BCUT2D eigenvalue weighted by Gasteiger charge is -2.33. The van der Waals surface area contributed by atoms with Crippen molar-refractivity contribution in [2.75, 3.05) is 24.2 Å². The Hall–Kier alpha value is -2.83. The van der Waals surface area contributed by atoms with E-state index in [0.29, 0.717) is 33.5 Å². The Bertz CT molecular complexity index is 1280. The number of hydrogen-bond donors (Lipinski definition) is 0. The molecule has 1 saturated heterocycles. The monoisotopic (exact) mass is 513 g/mol. The third-order valence-corrected chi connectivity index (χ3v) is 7.78. The van der Waals surface area contributed by atoms with E-state index in [0.717, 1.165) is 42.1 Å². The van der Waals surface area contributed by atoms with Gasteiger partial charge in [-0.25, -0.2) is 19.9 Å². The Labute approximate surface area is 210 Å². The second kappa shape index (κ2) is 10.0. The number of piperidine rings is 1. The highest BCUT2D eigenvalue weighted by Gasteiger charge is 2.28. The zero-order chi connectivity index (χ0) is 24.5. The van der Waals surface area contributed by atoms with Gasteiger partial charge in [-0.15, -0.1) is 0 Å². The number of thiazole rings is 1. The highest BCUT2D eigenvalue weighted by atomic mass is 32.2. The molecular formula is C23H27N7O3S2. The molecule has 2 unspecified atom stereocenters. The predicted molar refractivity (Wildman–Crippen MR) is 134 cm³/mol. The van der Waals surface area contributed by atoms with Crippen LogP contribution in [-0.4, -0.2) is 60.1 Å². The van der Waals surface area contributed by atoms with Crippen LogP contribution >= 0.6 is 11.3 Å². The molecule has 5 rings (SSSR count). The van der Waals surface area contributed by atoms with Crippen molar-refractivity contribution in [2.45, 2.75) is 50.7 Å². The van der Waals surface area contributed by atoms with Gasteiger partial charge in [-0.2, -0.15) is 4.98 Å². The van der Waals surface area contributed by atoms with Gasteiger partial charge in [-0.1, -0.05) is 30.3 Å². The molecule has 0 radical (unpaired) electrons. The van der Waals surface area contributed by atoms with Gasteiger partial charge in [-0.05, 0) is 37.8 Å². The van der Waals surface area contributed by atoms with Crippen molar-refractivity contribution >= 4 is 38.9 Å². The molecule has 0 spiro atoms. The number of ether oxygens (including phenoxy) is 1. The second-order valence-electron chi connectivity index (χ2n) is 8.93. The number of hydrogen-bond acceptors (Lipinski definition) is 11. The van der Waals surface area contributed by atoms with Gasteiger partial charge in [0, 0.05) is 30.2 Å². The number of fused-ring (bicyclic) bond motifs is 1. The minimum atomic E-state index is -1.17. The Morgan fingerprint density at radius 3 is 2.54 bits per heavy atom. The molecule has 10 nitrogen and oxygen atoms in total. The molecule has 0 aromatic carbocycles. The van der Waals surface area contributed by atoms with Crippen molar-refractivity contribution in [1.29, 1.82) is 0 Å². The van der Waals surface area contributed by atoms with E-state index >= 15 is 0 Å². The maximum atomic E-state index is 11.5. The molecule has 1 aliphatic rings. The highest BCUT2D eigenvalue weighted by molar-refractivity contribution is 7.90. The van der Waals surface area contributed by atoms with Crippen molar-refractivity contribution in [3.63, 3.8) is 0 Å². The number of nitrogens with zero attached hydrogens (tertiary/aromatic N) is 7. The summed E-state index contributed by atoms with van der Waals surface area (Å²) >= 11 is 0.259. The second-order valence-corrected chi connectivity index (χ2v) is 11.2. The molecule has 2 atom stereocenters. The Morgan fingerprint density at radius 2 is 1.89 bits per heavy atom. The normalized spacial score (nSPS) is 16.7. The van der Waals surface area contributed by atoms with Gasteiger partial charge >= 0.3 is 6.01 Å². The summed E-state index contributed by atoms with van der Waals surface area (Å²) in [5.41, 5.74) is 2.10. The molecule has 0 amide bonds. The maximum absolute atomic E-state index is 11.5. The fourth-order valence-electron chi connectivity index (χ4n) is 3.99. The maximum Gasteiger partial charge on any atom is 0.324 e. The number of aromatic nitrogens is 6.